The number of nitrogens with zero attached hydrogens (tertiary/aromatic N) is 1. The number of nitrogen functional groups attached to an aromatic ring is 1. The Morgan fingerprint density at radius 1 is 1.39 bits per heavy atom. The normalized spacial score (nSPS) is 10.1. The van der Waals surface area contributed by atoms with Crippen molar-refractivity contribution in [2.24, 2.45) is 5.73 Å². The summed E-state index contributed by atoms with van der Waals surface area (Å²) in [7, 11) is 0. The van der Waals surface area contributed by atoms with E-state index in [0.29, 0.717) is 22.6 Å². The van der Waals surface area contributed by atoms with Gasteiger partial charge in [0.15, 0.2) is 5.75 Å². The van der Waals surface area contributed by atoms with Gasteiger partial charge in [0.05, 0.1) is 11.8 Å². The number of ether oxygens (including phenoxy) is 1. The minimum atomic E-state index is -0.347. The molecular formula is C13H12FN3O. The number of hydrogen-bond acceptors (Lipinski definition) is 3. The molecule has 0 bridgehead atoms. The predicted molar refractivity (Wildman–Crippen MR) is 66.5 cm³/mol. The minimum absolute atomic E-state index is 0.125. The molecule has 0 aliphatic heterocycles. The fraction of sp³-hybridized carbons (Fsp3) is 0.0769. The summed E-state index contributed by atoms with van der Waals surface area (Å²) in [6, 6.07) is 6.12. The molecule has 0 saturated carbocycles. The molecule has 0 aliphatic rings. The molecule has 2 aromatic rings. The van der Waals surface area contributed by atoms with Crippen molar-refractivity contribution in [3.8, 4) is 11.5 Å². The lowest BCUT2D eigenvalue weighted by Gasteiger charge is -2.09. The van der Waals surface area contributed by atoms with Gasteiger partial charge in [0.2, 0.25) is 0 Å². The second kappa shape index (κ2) is 4.83. The Balaban J connectivity index is 2.34. The molecule has 0 amide bonds. The third-order valence-electron chi connectivity index (χ3n) is 2.45. The van der Waals surface area contributed by atoms with Gasteiger partial charge < -0.3 is 10.5 Å². The predicted octanol–water partition coefficient (Wildman–Crippen LogP) is 2.61. The summed E-state index contributed by atoms with van der Waals surface area (Å²) in [5, 5.41) is 7.41. The smallest absolute Gasteiger partial charge is 0.156 e. The number of nitrogens with two attached hydrogens (primary N) is 1. The van der Waals surface area contributed by atoms with Gasteiger partial charge in [-0.25, -0.2) is 4.39 Å². The maximum absolute atomic E-state index is 13.4. The largest absolute Gasteiger partial charge is 0.455 e. The average molecular weight is 245 g/mol. The lowest BCUT2D eigenvalue weighted by molar-refractivity contribution is 0.472. The SMILES string of the molecule is Cc1ccc(Oc2cnccc2C(=N)N)cc1F. The lowest BCUT2D eigenvalue weighted by atomic mass is 10.2. The van der Waals surface area contributed by atoms with Crippen LogP contribution >= 0.6 is 0 Å². The van der Waals surface area contributed by atoms with Gasteiger partial charge in [-0.05, 0) is 24.6 Å². The molecule has 5 heteroatoms. The van der Waals surface area contributed by atoms with Crippen LogP contribution in [0.2, 0.25) is 0 Å². The molecule has 0 aliphatic carbocycles. The molecule has 0 saturated heterocycles. The van der Waals surface area contributed by atoms with Crippen molar-refractivity contribution < 1.29 is 9.13 Å². The molecule has 1 heterocycles. The summed E-state index contributed by atoms with van der Waals surface area (Å²) in [4.78, 5) is 3.89. The van der Waals surface area contributed by atoms with Crippen LogP contribution in [-0.2, 0) is 0 Å². The fourth-order valence-electron chi connectivity index (χ4n) is 1.45. The van der Waals surface area contributed by atoms with Crippen LogP contribution in [0.4, 0.5) is 4.39 Å². The number of aromatic nitrogens is 1. The molecule has 0 fully saturated rings. The van der Waals surface area contributed by atoms with E-state index in [9.17, 15) is 4.39 Å². The second-order valence-electron chi connectivity index (χ2n) is 3.80. The summed E-state index contributed by atoms with van der Waals surface area (Å²) in [6.45, 7) is 1.67. The quantitative estimate of drug-likeness (QED) is 0.645. The molecule has 1 aromatic carbocycles. The van der Waals surface area contributed by atoms with E-state index in [2.05, 4.69) is 4.98 Å². The van der Waals surface area contributed by atoms with Crippen molar-refractivity contribution in [3.05, 3.63) is 53.6 Å². The highest BCUT2D eigenvalue weighted by Gasteiger charge is 2.08. The van der Waals surface area contributed by atoms with Crippen LogP contribution in [0.5, 0.6) is 11.5 Å². The zero-order chi connectivity index (χ0) is 13.1. The molecule has 4 nitrogen and oxygen atoms in total. The first-order chi connectivity index (χ1) is 8.58. The number of benzene rings is 1. The van der Waals surface area contributed by atoms with E-state index < -0.39 is 0 Å². The molecule has 0 atom stereocenters. The summed E-state index contributed by atoms with van der Waals surface area (Å²) in [6.07, 6.45) is 2.95. The van der Waals surface area contributed by atoms with E-state index in [1.165, 1.54) is 18.5 Å². The van der Waals surface area contributed by atoms with Crippen molar-refractivity contribution in [2.75, 3.05) is 0 Å². The first-order valence-electron chi connectivity index (χ1n) is 5.30. The van der Waals surface area contributed by atoms with Gasteiger partial charge in [-0.15, -0.1) is 0 Å². The number of hydrogen-bond donors (Lipinski definition) is 2. The molecule has 18 heavy (non-hydrogen) atoms. The second-order valence-corrected chi connectivity index (χ2v) is 3.80. The van der Waals surface area contributed by atoms with Crippen LogP contribution in [0.25, 0.3) is 0 Å². The maximum atomic E-state index is 13.4. The number of halogens is 1. The molecule has 2 rings (SSSR count). The Kier molecular flexibility index (Phi) is 3.23. The Hall–Kier alpha value is -2.43. The van der Waals surface area contributed by atoms with Gasteiger partial charge in [-0.3, -0.25) is 10.4 Å². The number of rotatable bonds is 3. The molecule has 3 N–H and O–H groups in total. The van der Waals surface area contributed by atoms with E-state index in [4.69, 9.17) is 15.9 Å². The van der Waals surface area contributed by atoms with Gasteiger partial charge >= 0.3 is 0 Å². The monoisotopic (exact) mass is 245 g/mol. The van der Waals surface area contributed by atoms with Crippen molar-refractivity contribution in [1.82, 2.24) is 4.98 Å². The van der Waals surface area contributed by atoms with Crippen LogP contribution < -0.4 is 10.5 Å². The first kappa shape index (κ1) is 12.0. The standard InChI is InChI=1S/C13H12FN3O/c1-8-2-3-9(6-11(8)14)18-12-7-17-5-4-10(12)13(15)16/h2-7H,1H3,(H3,15,16). The number of aryl methyl sites for hydroxylation is 1. The van der Waals surface area contributed by atoms with E-state index in [1.807, 2.05) is 0 Å². The highest BCUT2D eigenvalue weighted by Crippen LogP contribution is 2.25. The van der Waals surface area contributed by atoms with Crippen LogP contribution in [0.15, 0.2) is 36.7 Å². The van der Waals surface area contributed by atoms with Crippen molar-refractivity contribution in [3.63, 3.8) is 0 Å². The van der Waals surface area contributed by atoms with Crippen LogP contribution in [-0.4, -0.2) is 10.8 Å². The Morgan fingerprint density at radius 2 is 2.17 bits per heavy atom. The van der Waals surface area contributed by atoms with Gasteiger partial charge in [0.1, 0.15) is 17.4 Å². The Bertz CT molecular complexity index is 599. The molecular weight excluding hydrogens is 233 g/mol. The molecule has 0 radical (unpaired) electrons. The molecule has 1 aromatic heterocycles. The van der Waals surface area contributed by atoms with E-state index in [0.717, 1.165) is 0 Å². The number of amidine groups is 1. The Labute approximate surface area is 104 Å². The highest BCUT2D eigenvalue weighted by atomic mass is 19.1. The van der Waals surface area contributed by atoms with E-state index >= 15 is 0 Å². The van der Waals surface area contributed by atoms with Gasteiger partial charge in [0, 0.05) is 12.3 Å². The van der Waals surface area contributed by atoms with Crippen molar-refractivity contribution in [1.29, 1.82) is 5.41 Å². The van der Waals surface area contributed by atoms with Crippen LogP contribution in [0.1, 0.15) is 11.1 Å². The molecule has 0 unspecified atom stereocenters. The van der Waals surface area contributed by atoms with Crippen molar-refractivity contribution >= 4 is 5.84 Å². The zero-order valence-electron chi connectivity index (χ0n) is 9.77. The number of pyridine rings is 1. The fourth-order valence-corrected chi connectivity index (χ4v) is 1.45. The summed E-state index contributed by atoms with van der Waals surface area (Å²) < 4.78 is 18.9. The van der Waals surface area contributed by atoms with Gasteiger partial charge in [-0.2, -0.15) is 0 Å². The summed E-state index contributed by atoms with van der Waals surface area (Å²) in [5.74, 6) is 0.197. The van der Waals surface area contributed by atoms with E-state index in [1.54, 1.807) is 25.1 Å². The summed E-state index contributed by atoms with van der Waals surface area (Å²) in [5.41, 5.74) is 6.39. The maximum Gasteiger partial charge on any atom is 0.156 e. The summed E-state index contributed by atoms with van der Waals surface area (Å²) >= 11 is 0. The average Bonchev–Trinajstić information content (AvgIpc) is 2.34. The molecule has 92 valence electrons. The number of nitrogens with one attached hydrogen (secondary N) is 1. The zero-order valence-corrected chi connectivity index (χ0v) is 9.77. The highest BCUT2D eigenvalue weighted by molar-refractivity contribution is 5.97. The third-order valence-corrected chi connectivity index (χ3v) is 2.45. The van der Waals surface area contributed by atoms with Crippen LogP contribution in [0.3, 0.4) is 0 Å². The lowest BCUT2D eigenvalue weighted by Crippen LogP contribution is -2.12. The van der Waals surface area contributed by atoms with Gasteiger partial charge in [-0.1, -0.05) is 6.07 Å². The molecule has 0 spiro atoms. The topological polar surface area (TPSA) is 72.0 Å². The van der Waals surface area contributed by atoms with Crippen LogP contribution in [0, 0.1) is 18.2 Å². The first-order valence-corrected chi connectivity index (χ1v) is 5.30. The minimum Gasteiger partial charge on any atom is -0.455 e. The van der Waals surface area contributed by atoms with Crippen molar-refractivity contribution in [2.45, 2.75) is 6.92 Å². The third kappa shape index (κ3) is 2.45. The van der Waals surface area contributed by atoms with E-state index in [-0.39, 0.29) is 11.7 Å². The van der Waals surface area contributed by atoms with Gasteiger partial charge in [0.25, 0.3) is 0 Å². The Morgan fingerprint density at radius 3 is 2.83 bits per heavy atom.